The number of para-hydroxylation sites is 1. The molecule has 0 fully saturated rings. The molecule has 27 heavy (non-hydrogen) atoms. The third kappa shape index (κ3) is 4.39. The third-order valence-corrected chi connectivity index (χ3v) is 3.97. The van der Waals surface area contributed by atoms with Gasteiger partial charge in [-0.3, -0.25) is 9.59 Å². The number of hydrogen-bond acceptors (Lipinski definition) is 3. The average molecular weight is 355 g/mol. The second-order valence-corrected chi connectivity index (χ2v) is 6.01. The highest BCUT2D eigenvalue weighted by Gasteiger charge is 2.14. The van der Waals surface area contributed by atoms with E-state index in [9.17, 15) is 9.59 Å². The van der Waals surface area contributed by atoms with Gasteiger partial charge in [0.15, 0.2) is 0 Å². The summed E-state index contributed by atoms with van der Waals surface area (Å²) in [5.41, 5.74) is 3.38. The zero-order valence-electron chi connectivity index (χ0n) is 14.7. The molecule has 0 unspecified atom stereocenters. The molecule has 0 saturated carbocycles. The van der Waals surface area contributed by atoms with Crippen LogP contribution in [0.5, 0.6) is 0 Å². The van der Waals surface area contributed by atoms with Crippen LogP contribution in [0.3, 0.4) is 0 Å². The molecule has 132 valence electrons. The fraction of sp³-hybridized carbons (Fsp3) is 0.0455. The predicted octanol–water partition coefficient (Wildman–Crippen LogP) is 4.37. The van der Waals surface area contributed by atoms with Gasteiger partial charge in [-0.15, -0.1) is 0 Å². The van der Waals surface area contributed by atoms with Gasteiger partial charge in [0.1, 0.15) is 0 Å². The van der Waals surface area contributed by atoms with Crippen LogP contribution in [0.1, 0.15) is 31.8 Å². The molecule has 0 aromatic heterocycles. The molecule has 3 aromatic rings. The Morgan fingerprint density at radius 1 is 0.852 bits per heavy atom. The van der Waals surface area contributed by atoms with Crippen molar-refractivity contribution in [1.82, 2.24) is 0 Å². The van der Waals surface area contributed by atoms with E-state index in [1.54, 1.807) is 48.5 Å². The van der Waals surface area contributed by atoms with Crippen molar-refractivity contribution in [2.24, 2.45) is 0 Å². The minimum atomic E-state index is -0.352. The highest BCUT2D eigenvalue weighted by molar-refractivity contribution is 6.12. The van der Waals surface area contributed by atoms with Crippen LogP contribution in [-0.2, 0) is 0 Å². The molecule has 0 saturated heterocycles. The van der Waals surface area contributed by atoms with Crippen molar-refractivity contribution in [3.8, 4) is 6.07 Å². The molecule has 0 atom stereocenters. The summed E-state index contributed by atoms with van der Waals surface area (Å²) in [4.78, 5) is 25.1. The smallest absolute Gasteiger partial charge is 0.257 e. The maximum Gasteiger partial charge on any atom is 0.257 e. The normalized spacial score (nSPS) is 9.93. The van der Waals surface area contributed by atoms with Gasteiger partial charge in [-0.25, -0.2) is 0 Å². The molecule has 5 heteroatoms. The Balaban J connectivity index is 1.79. The van der Waals surface area contributed by atoms with E-state index in [0.29, 0.717) is 28.1 Å². The van der Waals surface area contributed by atoms with Gasteiger partial charge in [-0.05, 0) is 61.0 Å². The van der Waals surface area contributed by atoms with Gasteiger partial charge in [-0.2, -0.15) is 5.26 Å². The third-order valence-electron chi connectivity index (χ3n) is 3.97. The highest BCUT2D eigenvalue weighted by Crippen LogP contribution is 2.19. The molecule has 0 aliphatic carbocycles. The molecule has 0 spiro atoms. The molecule has 0 radical (unpaired) electrons. The number of carbonyl (C=O) groups excluding carboxylic acids is 2. The van der Waals surface area contributed by atoms with Crippen LogP contribution in [0.2, 0.25) is 0 Å². The summed E-state index contributed by atoms with van der Waals surface area (Å²) < 4.78 is 0. The molecule has 2 N–H and O–H groups in total. The number of aryl methyl sites for hydroxylation is 1. The monoisotopic (exact) mass is 355 g/mol. The van der Waals surface area contributed by atoms with E-state index in [4.69, 9.17) is 5.26 Å². The van der Waals surface area contributed by atoms with Crippen molar-refractivity contribution >= 4 is 23.2 Å². The zero-order valence-corrected chi connectivity index (χ0v) is 14.7. The van der Waals surface area contributed by atoms with Crippen molar-refractivity contribution in [2.45, 2.75) is 6.92 Å². The fourth-order valence-corrected chi connectivity index (χ4v) is 2.60. The predicted molar refractivity (Wildman–Crippen MR) is 105 cm³/mol. The summed E-state index contributed by atoms with van der Waals surface area (Å²) in [6.07, 6.45) is 0. The van der Waals surface area contributed by atoms with Crippen LogP contribution in [0.15, 0.2) is 72.8 Å². The number of rotatable bonds is 4. The van der Waals surface area contributed by atoms with E-state index in [1.807, 2.05) is 37.3 Å². The molecule has 3 rings (SSSR count). The molecular formula is C22H17N3O2. The van der Waals surface area contributed by atoms with Crippen molar-refractivity contribution < 1.29 is 9.59 Å². The van der Waals surface area contributed by atoms with Gasteiger partial charge in [0.2, 0.25) is 0 Å². The SMILES string of the molecule is Cc1cccc(NC(=O)c2ccccc2NC(=O)c2ccc(C#N)cc2)c1. The van der Waals surface area contributed by atoms with E-state index in [-0.39, 0.29) is 11.8 Å². The van der Waals surface area contributed by atoms with Crippen LogP contribution in [0.4, 0.5) is 11.4 Å². The van der Waals surface area contributed by atoms with E-state index in [2.05, 4.69) is 10.6 Å². The second-order valence-electron chi connectivity index (χ2n) is 6.01. The Morgan fingerprint density at radius 2 is 1.59 bits per heavy atom. The Morgan fingerprint density at radius 3 is 2.30 bits per heavy atom. The molecule has 0 heterocycles. The van der Waals surface area contributed by atoms with E-state index in [0.717, 1.165) is 5.56 Å². The van der Waals surface area contributed by atoms with Gasteiger partial charge in [0.25, 0.3) is 11.8 Å². The lowest BCUT2D eigenvalue weighted by Crippen LogP contribution is -2.18. The standard InChI is InChI=1S/C22H17N3O2/c1-15-5-4-6-18(13-15)24-22(27)19-7-2-3-8-20(19)25-21(26)17-11-9-16(14-23)10-12-17/h2-13H,1H3,(H,24,27)(H,25,26). The first-order chi connectivity index (χ1) is 13.1. The Hall–Kier alpha value is -3.91. The van der Waals surface area contributed by atoms with Crippen LogP contribution in [0, 0.1) is 18.3 Å². The number of benzene rings is 3. The number of nitrogens with zero attached hydrogens (tertiary/aromatic N) is 1. The van der Waals surface area contributed by atoms with Gasteiger partial charge in [0, 0.05) is 11.3 Å². The van der Waals surface area contributed by atoms with Gasteiger partial charge >= 0.3 is 0 Å². The van der Waals surface area contributed by atoms with Crippen LogP contribution in [0.25, 0.3) is 0 Å². The maximum absolute atomic E-state index is 12.6. The van der Waals surface area contributed by atoms with E-state index >= 15 is 0 Å². The summed E-state index contributed by atoms with van der Waals surface area (Å²) in [6, 6.07) is 22.6. The Labute approximate surface area is 157 Å². The van der Waals surface area contributed by atoms with Crippen molar-refractivity contribution in [3.05, 3.63) is 95.1 Å². The van der Waals surface area contributed by atoms with Crippen LogP contribution >= 0.6 is 0 Å². The molecule has 2 amide bonds. The minimum Gasteiger partial charge on any atom is -0.322 e. The van der Waals surface area contributed by atoms with E-state index < -0.39 is 0 Å². The first kappa shape index (κ1) is 17.9. The largest absolute Gasteiger partial charge is 0.322 e. The molecule has 0 aliphatic heterocycles. The molecule has 3 aromatic carbocycles. The highest BCUT2D eigenvalue weighted by atomic mass is 16.2. The lowest BCUT2D eigenvalue weighted by molar-refractivity contribution is 0.102. The lowest BCUT2D eigenvalue weighted by atomic mass is 10.1. The van der Waals surface area contributed by atoms with Gasteiger partial charge < -0.3 is 10.6 Å². The number of nitrogens with one attached hydrogen (secondary N) is 2. The second kappa shape index (κ2) is 7.98. The van der Waals surface area contributed by atoms with Gasteiger partial charge in [-0.1, -0.05) is 24.3 Å². The average Bonchev–Trinajstić information content (AvgIpc) is 2.68. The zero-order chi connectivity index (χ0) is 19.2. The molecule has 0 bridgehead atoms. The van der Waals surface area contributed by atoms with Crippen LogP contribution in [-0.4, -0.2) is 11.8 Å². The fourth-order valence-electron chi connectivity index (χ4n) is 2.60. The summed E-state index contributed by atoms with van der Waals surface area (Å²) in [5.74, 6) is -0.661. The summed E-state index contributed by atoms with van der Waals surface area (Å²) >= 11 is 0. The number of nitriles is 1. The number of carbonyl (C=O) groups is 2. The first-order valence-electron chi connectivity index (χ1n) is 8.35. The quantitative estimate of drug-likeness (QED) is 0.729. The molecule has 0 aliphatic rings. The summed E-state index contributed by atoms with van der Waals surface area (Å²) in [7, 11) is 0. The number of hydrogen-bond donors (Lipinski definition) is 2. The minimum absolute atomic E-state index is 0.309. The van der Waals surface area contributed by atoms with Crippen LogP contribution < -0.4 is 10.6 Å². The first-order valence-corrected chi connectivity index (χ1v) is 8.35. The van der Waals surface area contributed by atoms with Crippen molar-refractivity contribution in [3.63, 3.8) is 0 Å². The number of anilines is 2. The summed E-state index contributed by atoms with van der Waals surface area (Å²) in [6.45, 7) is 1.95. The lowest BCUT2D eigenvalue weighted by Gasteiger charge is -2.12. The van der Waals surface area contributed by atoms with Crippen molar-refractivity contribution in [2.75, 3.05) is 10.6 Å². The molecular weight excluding hydrogens is 338 g/mol. The summed E-state index contributed by atoms with van der Waals surface area (Å²) in [5, 5.41) is 14.4. The topological polar surface area (TPSA) is 82.0 Å². The Bertz CT molecular complexity index is 1030. The maximum atomic E-state index is 12.6. The Kier molecular flexibility index (Phi) is 5.29. The van der Waals surface area contributed by atoms with Gasteiger partial charge in [0.05, 0.1) is 22.9 Å². The molecule has 5 nitrogen and oxygen atoms in total. The number of amides is 2. The van der Waals surface area contributed by atoms with Crippen molar-refractivity contribution in [1.29, 1.82) is 5.26 Å². The van der Waals surface area contributed by atoms with E-state index in [1.165, 1.54) is 0 Å².